The fourth-order valence-corrected chi connectivity index (χ4v) is 1.25. The van der Waals surface area contributed by atoms with Gasteiger partial charge in [0, 0.05) is 0 Å². The zero-order valence-corrected chi connectivity index (χ0v) is 10.2. The van der Waals surface area contributed by atoms with Crippen LogP contribution in [0, 0.1) is 0 Å². The van der Waals surface area contributed by atoms with Crippen LogP contribution in [0.4, 0.5) is 0 Å². The number of ether oxygens (including phenoxy) is 1. The zero-order valence-electron chi connectivity index (χ0n) is 9.27. The molecule has 1 unspecified atom stereocenters. The largest absolute Gasteiger partial charge is 0.481 e. The summed E-state index contributed by atoms with van der Waals surface area (Å²) in [6, 6.07) is 0. The second kappa shape index (κ2) is 5.97. The number of carbonyl (C=O) groups excluding carboxylic acids is 1. The van der Waals surface area contributed by atoms with Crippen LogP contribution < -0.4 is 0 Å². The molecule has 0 saturated heterocycles. The molecule has 0 radical (unpaired) electrons. The third kappa shape index (κ3) is 8.26. The Hall–Kier alpha value is -0.750. The standard InChI is InChI=1S/C9H17NO4S/c1-10(2,3)5-7(4-8(11)12)14-9(13)6-15/h7H,4-6H2,1-3H3,(H-,11,12,15)/p+1. The Balaban J connectivity index is 4.31. The van der Waals surface area contributed by atoms with Crippen molar-refractivity contribution in [3.8, 4) is 0 Å². The summed E-state index contributed by atoms with van der Waals surface area (Å²) in [7, 11) is 5.72. The average molecular weight is 236 g/mol. The van der Waals surface area contributed by atoms with E-state index in [2.05, 4.69) is 12.6 Å². The highest BCUT2D eigenvalue weighted by Crippen LogP contribution is 2.05. The van der Waals surface area contributed by atoms with Crippen LogP contribution in [0.3, 0.4) is 0 Å². The predicted octanol–water partition coefficient (Wildman–Crippen LogP) is 0.00890. The Bertz CT molecular complexity index is 237. The minimum atomic E-state index is -0.972. The number of carboxylic acid groups (broad SMARTS) is 1. The molecule has 0 heterocycles. The summed E-state index contributed by atoms with van der Waals surface area (Å²) < 4.78 is 5.51. The van der Waals surface area contributed by atoms with Crippen molar-refractivity contribution in [1.82, 2.24) is 0 Å². The van der Waals surface area contributed by atoms with E-state index in [1.165, 1.54) is 0 Å². The second-order valence-corrected chi connectivity index (χ2v) is 4.66. The lowest BCUT2D eigenvalue weighted by Gasteiger charge is -2.28. The zero-order chi connectivity index (χ0) is 12.1. The van der Waals surface area contributed by atoms with Crippen LogP contribution in [-0.2, 0) is 14.3 Å². The summed E-state index contributed by atoms with van der Waals surface area (Å²) in [5, 5.41) is 8.65. The molecular formula is C9H18NO4S+. The van der Waals surface area contributed by atoms with Gasteiger partial charge in [-0.2, -0.15) is 12.6 Å². The highest BCUT2D eigenvalue weighted by Gasteiger charge is 2.24. The first kappa shape index (κ1) is 14.2. The van der Waals surface area contributed by atoms with E-state index in [0.717, 1.165) is 0 Å². The molecule has 0 aliphatic carbocycles. The molecular weight excluding hydrogens is 218 g/mol. The number of rotatable bonds is 6. The van der Waals surface area contributed by atoms with Gasteiger partial charge in [0.15, 0.2) is 6.10 Å². The number of carboxylic acids is 1. The van der Waals surface area contributed by atoms with Crippen molar-refractivity contribution >= 4 is 24.6 Å². The normalized spacial score (nSPS) is 13.3. The van der Waals surface area contributed by atoms with Gasteiger partial charge in [-0.15, -0.1) is 0 Å². The molecule has 5 nitrogen and oxygen atoms in total. The number of quaternary nitrogens is 1. The van der Waals surface area contributed by atoms with Gasteiger partial charge in [0.05, 0.1) is 33.3 Å². The summed E-state index contributed by atoms with van der Waals surface area (Å²) in [5.41, 5.74) is 0. The molecule has 1 N–H and O–H groups in total. The van der Waals surface area contributed by atoms with E-state index in [1.807, 2.05) is 21.1 Å². The topological polar surface area (TPSA) is 63.6 Å². The summed E-state index contributed by atoms with van der Waals surface area (Å²) >= 11 is 3.77. The number of likely N-dealkylation sites (N-methyl/N-ethyl adjacent to an activating group) is 1. The molecule has 0 bridgehead atoms. The highest BCUT2D eigenvalue weighted by atomic mass is 32.1. The summed E-state index contributed by atoms with van der Waals surface area (Å²) in [5.74, 6) is -1.49. The molecule has 88 valence electrons. The van der Waals surface area contributed by atoms with Gasteiger partial charge in [-0.05, 0) is 0 Å². The van der Waals surface area contributed by atoms with Crippen molar-refractivity contribution in [2.45, 2.75) is 12.5 Å². The number of aliphatic carboxylic acids is 1. The Morgan fingerprint density at radius 2 is 1.93 bits per heavy atom. The maximum absolute atomic E-state index is 11.0. The maximum atomic E-state index is 11.0. The molecule has 0 aliphatic heterocycles. The lowest BCUT2D eigenvalue weighted by Crippen LogP contribution is -2.43. The molecule has 0 spiro atoms. The molecule has 0 aromatic heterocycles. The van der Waals surface area contributed by atoms with E-state index >= 15 is 0 Å². The van der Waals surface area contributed by atoms with E-state index in [0.29, 0.717) is 11.0 Å². The van der Waals surface area contributed by atoms with Crippen molar-refractivity contribution in [3.63, 3.8) is 0 Å². The lowest BCUT2D eigenvalue weighted by atomic mass is 10.2. The SMILES string of the molecule is C[N+](C)(C)CC(CC(=O)O)OC(=O)CS. The fourth-order valence-electron chi connectivity index (χ4n) is 1.17. The van der Waals surface area contributed by atoms with Gasteiger partial charge in [0.1, 0.15) is 6.54 Å². The van der Waals surface area contributed by atoms with E-state index in [9.17, 15) is 9.59 Å². The Morgan fingerprint density at radius 1 is 1.40 bits per heavy atom. The Labute approximate surface area is 95.0 Å². The lowest BCUT2D eigenvalue weighted by molar-refractivity contribution is -0.873. The highest BCUT2D eigenvalue weighted by molar-refractivity contribution is 7.81. The molecule has 6 heteroatoms. The van der Waals surface area contributed by atoms with E-state index in [-0.39, 0.29) is 12.2 Å². The Morgan fingerprint density at radius 3 is 2.27 bits per heavy atom. The maximum Gasteiger partial charge on any atom is 0.316 e. The van der Waals surface area contributed by atoms with E-state index in [4.69, 9.17) is 9.84 Å². The molecule has 1 atom stereocenters. The first-order valence-corrected chi connectivity index (χ1v) is 5.20. The van der Waals surface area contributed by atoms with Gasteiger partial charge in [-0.3, -0.25) is 9.59 Å². The third-order valence-corrected chi connectivity index (χ3v) is 1.84. The van der Waals surface area contributed by atoms with E-state index in [1.54, 1.807) is 0 Å². The first-order valence-electron chi connectivity index (χ1n) is 4.57. The first-order chi connectivity index (χ1) is 6.74. The van der Waals surface area contributed by atoms with Crippen LogP contribution in [0.25, 0.3) is 0 Å². The van der Waals surface area contributed by atoms with Crippen LogP contribution in [0.2, 0.25) is 0 Å². The average Bonchev–Trinajstić information content (AvgIpc) is 1.99. The van der Waals surface area contributed by atoms with Gasteiger partial charge >= 0.3 is 11.9 Å². The molecule has 0 amide bonds. The van der Waals surface area contributed by atoms with Crippen LogP contribution in [0.1, 0.15) is 6.42 Å². The summed E-state index contributed by atoms with van der Waals surface area (Å²) in [6.45, 7) is 0.464. The van der Waals surface area contributed by atoms with Crippen LogP contribution >= 0.6 is 12.6 Å². The van der Waals surface area contributed by atoms with Crippen molar-refractivity contribution < 1.29 is 23.9 Å². The van der Waals surface area contributed by atoms with Crippen molar-refractivity contribution in [2.75, 3.05) is 33.4 Å². The Kier molecular flexibility index (Phi) is 5.67. The van der Waals surface area contributed by atoms with Crippen LogP contribution in [-0.4, -0.2) is 61.1 Å². The van der Waals surface area contributed by atoms with Crippen LogP contribution in [0.15, 0.2) is 0 Å². The monoisotopic (exact) mass is 236 g/mol. The van der Waals surface area contributed by atoms with Crippen molar-refractivity contribution in [3.05, 3.63) is 0 Å². The number of esters is 1. The molecule has 0 aromatic carbocycles. The van der Waals surface area contributed by atoms with Crippen molar-refractivity contribution in [2.24, 2.45) is 0 Å². The molecule has 0 rings (SSSR count). The van der Waals surface area contributed by atoms with Gasteiger partial charge in [0.2, 0.25) is 0 Å². The summed E-state index contributed by atoms with van der Waals surface area (Å²) in [4.78, 5) is 21.5. The quantitative estimate of drug-likeness (QED) is 0.387. The van der Waals surface area contributed by atoms with E-state index < -0.39 is 18.0 Å². The van der Waals surface area contributed by atoms with Gasteiger partial charge < -0.3 is 14.3 Å². The molecule has 15 heavy (non-hydrogen) atoms. The smallest absolute Gasteiger partial charge is 0.316 e. The van der Waals surface area contributed by atoms with Crippen LogP contribution in [0.5, 0.6) is 0 Å². The minimum Gasteiger partial charge on any atom is -0.481 e. The van der Waals surface area contributed by atoms with Gasteiger partial charge in [-0.25, -0.2) is 0 Å². The molecule has 0 fully saturated rings. The molecule has 0 aliphatic rings. The van der Waals surface area contributed by atoms with Gasteiger partial charge in [0.25, 0.3) is 0 Å². The fraction of sp³-hybridized carbons (Fsp3) is 0.778. The number of hydrogen-bond donors (Lipinski definition) is 2. The number of thiol groups is 1. The molecule has 0 saturated carbocycles. The van der Waals surface area contributed by atoms with Gasteiger partial charge in [-0.1, -0.05) is 0 Å². The third-order valence-electron chi connectivity index (χ3n) is 1.58. The number of hydrogen-bond acceptors (Lipinski definition) is 4. The predicted molar refractivity (Wildman–Crippen MR) is 58.9 cm³/mol. The molecule has 0 aromatic rings. The van der Waals surface area contributed by atoms with Crippen molar-refractivity contribution in [1.29, 1.82) is 0 Å². The second-order valence-electron chi connectivity index (χ2n) is 4.34. The number of nitrogens with zero attached hydrogens (tertiary/aromatic N) is 1. The number of carbonyl (C=O) groups is 2. The summed E-state index contributed by atoms with van der Waals surface area (Å²) in [6.07, 6.45) is -0.767. The minimum absolute atomic E-state index is 0.0345.